The van der Waals surface area contributed by atoms with Gasteiger partial charge in [0, 0.05) is 30.6 Å². The second kappa shape index (κ2) is 8.35. The van der Waals surface area contributed by atoms with Crippen molar-refractivity contribution >= 4 is 40.1 Å². The van der Waals surface area contributed by atoms with E-state index in [2.05, 4.69) is 10.4 Å². The summed E-state index contributed by atoms with van der Waals surface area (Å²) in [7, 11) is 0. The van der Waals surface area contributed by atoms with Crippen LogP contribution in [-0.4, -0.2) is 43.5 Å². The van der Waals surface area contributed by atoms with Crippen molar-refractivity contribution in [2.45, 2.75) is 31.3 Å². The number of aryl methyl sites for hydroxylation is 2. The predicted molar refractivity (Wildman–Crippen MR) is 115 cm³/mol. The van der Waals surface area contributed by atoms with Gasteiger partial charge in [0.15, 0.2) is 0 Å². The molecule has 2 unspecified atom stereocenters. The van der Waals surface area contributed by atoms with Crippen LogP contribution in [0.2, 0.25) is 0 Å². The van der Waals surface area contributed by atoms with Gasteiger partial charge in [-0.15, -0.1) is 11.6 Å². The number of fused-ring (bicyclic) bond motifs is 1. The molecule has 3 amide bonds. The molecule has 1 saturated heterocycles. The molecule has 1 fully saturated rings. The van der Waals surface area contributed by atoms with Gasteiger partial charge in [0.1, 0.15) is 5.38 Å². The Morgan fingerprint density at radius 1 is 1.29 bits per heavy atom. The van der Waals surface area contributed by atoms with Crippen LogP contribution in [0.25, 0.3) is 10.9 Å². The zero-order valence-corrected chi connectivity index (χ0v) is 17.5. The molecule has 0 spiro atoms. The van der Waals surface area contributed by atoms with Gasteiger partial charge in [-0.3, -0.25) is 24.5 Å². The fourth-order valence-electron chi connectivity index (χ4n) is 3.71. The summed E-state index contributed by atoms with van der Waals surface area (Å²) in [5.41, 5.74) is 2.49. The van der Waals surface area contributed by atoms with Gasteiger partial charge in [-0.25, -0.2) is 4.79 Å². The number of nitrogens with zero attached hydrogens (tertiary/aromatic N) is 4. The Hall–Kier alpha value is -3.46. The van der Waals surface area contributed by atoms with Crippen molar-refractivity contribution in [3.63, 3.8) is 0 Å². The second-order valence-electron chi connectivity index (χ2n) is 7.42. The van der Waals surface area contributed by atoms with Gasteiger partial charge in [0.25, 0.3) is 11.6 Å². The topological polar surface area (TPSA) is 110 Å². The van der Waals surface area contributed by atoms with E-state index in [1.54, 1.807) is 16.9 Å². The first-order chi connectivity index (χ1) is 14.9. The van der Waals surface area contributed by atoms with Crippen LogP contribution >= 0.6 is 11.6 Å². The van der Waals surface area contributed by atoms with Crippen LogP contribution in [0.3, 0.4) is 0 Å². The molecule has 0 radical (unpaired) electrons. The lowest BCUT2D eigenvalue weighted by molar-refractivity contribution is -0.384. The van der Waals surface area contributed by atoms with Crippen LogP contribution in [-0.2, 0) is 11.3 Å². The minimum Gasteiger partial charge on any atom is -0.338 e. The first-order valence-electron chi connectivity index (χ1n) is 9.78. The number of nitro benzene ring substituents is 1. The molecule has 0 aliphatic carbocycles. The first kappa shape index (κ1) is 20.8. The van der Waals surface area contributed by atoms with E-state index in [1.807, 2.05) is 31.2 Å². The average molecular weight is 442 g/mol. The largest absolute Gasteiger partial charge is 0.338 e. The monoisotopic (exact) mass is 441 g/mol. The van der Waals surface area contributed by atoms with Crippen LogP contribution < -0.4 is 5.32 Å². The molecule has 9 nitrogen and oxygen atoms in total. The van der Waals surface area contributed by atoms with Gasteiger partial charge < -0.3 is 5.32 Å². The SMILES string of the molecule is Cc1cccc(C2C(Cl)C(=O)N2C(=O)NCCCn2ncc3ccc([N+](=O)[O-])cc32)c1. The van der Waals surface area contributed by atoms with Crippen molar-refractivity contribution in [2.24, 2.45) is 0 Å². The maximum atomic E-state index is 12.6. The molecular weight excluding hydrogens is 422 g/mol. The van der Waals surface area contributed by atoms with Crippen LogP contribution in [0.4, 0.5) is 10.5 Å². The molecule has 1 N–H and O–H groups in total. The maximum Gasteiger partial charge on any atom is 0.324 e. The quantitative estimate of drug-likeness (QED) is 0.207. The highest BCUT2D eigenvalue weighted by Crippen LogP contribution is 2.38. The van der Waals surface area contributed by atoms with Crippen LogP contribution in [0.5, 0.6) is 0 Å². The third-order valence-electron chi connectivity index (χ3n) is 5.29. The summed E-state index contributed by atoms with van der Waals surface area (Å²) in [6.07, 6.45) is 2.18. The summed E-state index contributed by atoms with van der Waals surface area (Å²) >= 11 is 6.18. The fraction of sp³-hybridized carbons (Fsp3) is 0.286. The van der Waals surface area contributed by atoms with Gasteiger partial charge in [0.2, 0.25) is 0 Å². The highest BCUT2D eigenvalue weighted by molar-refractivity contribution is 6.35. The Morgan fingerprint density at radius 3 is 2.84 bits per heavy atom. The highest BCUT2D eigenvalue weighted by atomic mass is 35.5. The van der Waals surface area contributed by atoms with Crippen LogP contribution in [0.15, 0.2) is 48.7 Å². The number of halogens is 1. The zero-order chi connectivity index (χ0) is 22.1. The van der Waals surface area contributed by atoms with Gasteiger partial charge in [-0.1, -0.05) is 29.8 Å². The number of alkyl halides is 1. The van der Waals surface area contributed by atoms with E-state index in [9.17, 15) is 19.7 Å². The number of rotatable bonds is 6. The van der Waals surface area contributed by atoms with Gasteiger partial charge in [0.05, 0.1) is 22.7 Å². The maximum absolute atomic E-state index is 12.6. The molecule has 2 aromatic carbocycles. The highest BCUT2D eigenvalue weighted by Gasteiger charge is 2.50. The number of hydrogen-bond acceptors (Lipinski definition) is 5. The molecule has 31 heavy (non-hydrogen) atoms. The Labute approximate surface area is 182 Å². The van der Waals surface area contributed by atoms with Crippen molar-refractivity contribution in [3.05, 3.63) is 69.9 Å². The standard InChI is InChI=1S/C21H20ClN5O4/c1-13-4-2-5-14(10-13)19-18(22)20(28)26(19)21(29)23-8-3-9-25-17-11-16(27(30)31)7-6-15(17)12-24-25/h2,4-7,10-12,18-19H,3,8-9H2,1H3,(H,23,29). The van der Waals surface area contributed by atoms with E-state index in [4.69, 9.17) is 11.6 Å². The number of likely N-dealkylation sites (tertiary alicyclic amines) is 1. The van der Waals surface area contributed by atoms with E-state index in [0.717, 1.165) is 21.4 Å². The van der Waals surface area contributed by atoms with Crippen molar-refractivity contribution in [1.82, 2.24) is 20.0 Å². The first-order valence-corrected chi connectivity index (χ1v) is 10.2. The minimum absolute atomic E-state index is 0.00309. The third kappa shape index (κ3) is 3.96. The smallest absolute Gasteiger partial charge is 0.324 e. The third-order valence-corrected chi connectivity index (χ3v) is 5.72. The number of urea groups is 1. The van der Waals surface area contributed by atoms with Crippen molar-refractivity contribution in [1.29, 1.82) is 0 Å². The summed E-state index contributed by atoms with van der Waals surface area (Å²) in [4.78, 5) is 36.5. The molecule has 160 valence electrons. The van der Waals surface area contributed by atoms with E-state index < -0.39 is 28.3 Å². The van der Waals surface area contributed by atoms with Crippen LogP contribution in [0.1, 0.15) is 23.6 Å². The lowest BCUT2D eigenvalue weighted by Gasteiger charge is -2.42. The van der Waals surface area contributed by atoms with E-state index >= 15 is 0 Å². The number of benzene rings is 2. The second-order valence-corrected chi connectivity index (χ2v) is 7.89. The minimum atomic E-state index is -0.765. The molecule has 2 heterocycles. The number of amides is 3. The molecule has 1 aliphatic rings. The number of nitro groups is 1. The van der Waals surface area contributed by atoms with E-state index in [1.165, 1.54) is 12.1 Å². The number of nitrogens with one attached hydrogen (secondary N) is 1. The number of non-ortho nitro benzene ring substituents is 1. The van der Waals surface area contributed by atoms with E-state index in [-0.39, 0.29) is 5.69 Å². The van der Waals surface area contributed by atoms with Gasteiger partial charge >= 0.3 is 6.03 Å². The molecule has 10 heteroatoms. The summed E-state index contributed by atoms with van der Waals surface area (Å²) in [5.74, 6) is -0.420. The molecule has 1 aromatic heterocycles. The fourth-order valence-corrected chi connectivity index (χ4v) is 4.08. The molecular formula is C21H20ClN5O4. The van der Waals surface area contributed by atoms with Crippen molar-refractivity contribution in [2.75, 3.05) is 6.54 Å². The molecule has 0 bridgehead atoms. The molecule has 1 aliphatic heterocycles. The van der Waals surface area contributed by atoms with Gasteiger partial charge in [-0.2, -0.15) is 5.10 Å². The lowest BCUT2D eigenvalue weighted by Crippen LogP contribution is -2.61. The number of carbonyl (C=O) groups excluding carboxylic acids is 2. The molecule has 0 saturated carbocycles. The number of aromatic nitrogens is 2. The Morgan fingerprint density at radius 2 is 2.10 bits per heavy atom. The molecule has 2 atom stereocenters. The van der Waals surface area contributed by atoms with Crippen molar-refractivity contribution in [3.8, 4) is 0 Å². The van der Waals surface area contributed by atoms with Crippen LogP contribution in [0, 0.1) is 17.0 Å². The predicted octanol–water partition coefficient (Wildman–Crippen LogP) is 3.54. The Kier molecular flexibility index (Phi) is 5.60. The average Bonchev–Trinajstić information content (AvgIpc) is 3.16. The van der Waals surface area contributed by atoms with Gasteiger partial charge in [-0.05, 0) is 25.0 Å². The zero-order valence-electron chi connectivity index (χ0n) is 16.7. The summed E-state index contributed by atoms with van der Waals surface area (Å²) in [6.45, 7) is 2.70. The summed E-state index contributed by atoms with van der Waals surface area (Å²) in [6, 6.07) is 11.1. The molecule has 3 aromatic rings. The lowest BCUT2D eigenvalue weighted by atomic mass is 9.92. The number of β-lactam (4-membered cyclic amide) rings is 1. The molecule has 4 rings (SSSR count). The van der Waals surface area contributed by atoms with Crippen molar-refractivity contribution < 1.29 is 14.5 Å². The Balaban J connectivity index is 1.36. The summed E-state index contributed by atoms with van der Waals surface area (Å²) in [5, 5.41) is 18.0. The number of carbonyl (C=O) groups is 2. The number of hydrogen-bond donors (Lipinski definition) is 1. The van der Waals surface area contributed by atoms with E-state index in [0.29, 0.717) is 25.0 Å². The Bertz CT molecular complexity index is 1180. The number of imide groups is 1. The normalized spacial score (nSPS) is 18.1. The summed E-state index contributed by atoms with van der Waals surface area (Å²) < 4.78 is 1.66.